The molecule has 0 saturated heterocycles. The summed E-state index contributed by atoms with van der Waals surface area (Å²) in [5, 5.41) is 11.1. The van der Waals surface area contributed by atoms with E-state index in [2.05, 4.69) is 6.08 Å². The van der Waals surface area contributed by atoms with Crippen LogP contribution < -0.4 is 4.74 Å². The summed E-state index contributed by atoms with van der Waals surface area (Å²) in [6.07, 6.45) is 4.68. The molecule has 1 N–H and O–H groups in total. The molecular weight excluding hydrogens is 382 g/mol. The summed E-state index contributed by atoms with van der Waals surface area (Å²) in [6, 6.07) is 15.3. The Morgan fingerprint density at radius 3 is 2.73 bits per heavy atom. The van der Waals surface area contributed by atoms with Gasteiger partial charge in [-0.15, -0.1) is 0 Å². The number of allylic oxidation sites excluding steroid dienone is 3. The fourth-order valence-electron chi connectivity index (χ4n) is 4.27. The van der Waals surface area contributed by atoms with Crippen LogP contribution in [0.3, 0.4) is 0 Å². The van der Waals surface area contributed by atoms with Crippen molar-refractivity contribution in [2.45, 2.75) is 13.0 Å². The Bertz CT molecular complexity index is 1190. The molecule has 1 aliphatic heterocycles. The van der Waals surface area contributed by atoms with Gasteiger partial charge in [0.2, 0.25) is 6.79 Å². The highest BCUT2D eigenvalue weighted by Crippen LogP contribution is 2.38. The third kappa shape index (κ3) is 3.01. The number of carboxylic acids is 1. The lowest BCUT2D eigenvalue weighted by Crippen LogP contribution is -2.17. The maximum absolute atomic E-state index is 12.4. The van der Waals surface area contributed by atoms with Crippen molar-refractivity contribution in [3.05, 3.63) is 77.9 Å². The maximum Gasteiger partial charge on any atom is 0.353 e. The van der Waals surface area contributed by atoms with Crippen LogP contribution in [-0.4, -0.2) is 29.5 Å². The highest BCUT2D eigenvalue weighted by atomic mass is 16.7. The Kier molecular flexibility index (Phi) is 4.47. The van der Waals surface area contributed by atoms with Gasteiger partial charge in [-0.25, -0.2) is 4.79 Å². The van der Waals surface area contributed by atoms with Gasteiger partial charge in [-0.2, -0.15) is 0 Å². The monoisotopic (exact) mass is 403 g/mol. The minimum atomic E-state index is -0.947. The average molecular weight is 403 g/mol. The average Bonchev–Trinajstić information content (AvgIpc) is 3.36. The molecule has 2 aliphatic rings. The van der Waals surface area contributed by atoms with Crippen LogP contribution in [0.1, 0.15) is 16.9 Å². The molecule has 5 rings (SSSR count). The highest BCUT2D eigenvalue weighted by Gasteiger charge is 2.28. The van der Waals surface area contributed by atoms with E-state index in [0.29, 0.717) is 13.0 Å². The number of aromatic nitrogens is 1. The summed E-state index contributed by atoms with van der Waals surface area (Å²) in [4.78, 5) is 12.4. The normalized spacial score (nSPS) is 17.6. The molecule has 2 aromatic carbocycles. The van der Waals surface area contributed by atoms with Gasteiger partial charge < -0.3 is 23.9 Å². The first-order chi connectivity index (χ1) is 14.7. The Labute approximate surface area is 173 Å². The van der Waals surface area contributed by atoms with Crippen LogP contribution >= 0.6 is 0 Å². The summed E-state index contributed by atoms with van der Waals surface area (Å²) in [5.74, 6) is 1.52. The van der Waals surface area contributed by atoms with E-state index in [1.807, 2.05) is 59.2 Å². The topological polar surface area (TPSA) is 69.9 Å². The molecule has 152 valence electrons. The third-order valence-electron chi connectivity index (χ3n) is 5.66. The van der Waals surface area contributed by atoms with E-state index in [9.17, 15) is 9.90 Å². The SMILES string of the molecule is COc1ccc(-c2c(C(=O)O)n(CC3C=CC4=C(C3)OCO4)c3ccccc23)cc1. The van der Waals surface area contributed by atoms with Crippen LogP contribution in [0, 0.1) is 5.92 Å². The molecule has 30 heavy (non-hydrogen) atoms. The quantitative estimate of drug-likeness (QED) is 0.662. The van der Waals surface area contributed by atoms with Gasteiger partial charge in [0.25, 0.3) is 0 Å². The number of hydrogen-bond acceptors (Lipinski definition) is 4. The molecule has 1 unspecified atom stereocenters. The molecule has 0 fully saturated rings. The zero-order chi connectivity index (χ0) is 20.7. The number of carboxylic acid groups (broad SMARTS) is 1. The summed E-state index contributed by atoms with van der Waals surface area (Å²) >= 11 is 0. The van der Waals surface area contributed by atoms with Crippen molar-refractivity contribution >= 4 is 16.9 Å². The van der Waals surface area contributed by atoms with E-state index in [0.717, 1.165) is 39.3 Å². The zero-order valence-electron chi connectivity index (χ0n) is 16.5. The molecule has 1 aromatic heterocycles. The standard InChI is InChI=1S/C24H21NO5/c1-28-17-9-7-16(8-10-17)22-18-4-2-3-5-19(18)25(23(22)24(26)27)13-15-6-11-20-21(12-15)30-14-29-20/h2-11,15H,12-14H2,1H3,(H,26,27). The van der Waals surface area contributed by atoms with Gasteiger partial charge in [0.05, 0.1) is 7.11 Å². The van der Waals surface area contributed by atoms with Crippen LogP contribution in [-0.2, 0) is 16.0 Å². The lowest BCUT2D eigenvalue weighted by atomic mass is 9.98. The van der Waals surface area contributed by atoms with E-state index in [-0.39, 0.29) is 18.4 Å². The van der Waals surface area contributed by atoms with Gasteiger partial charge in [-0.1, -0.05) is 36.4 Å². The van der Waals surface area contributed by atoms with E-state index >= 15 is 0 Å². The van der Waals surface area contributed by atoms with Crippen LogP contribution in [0.2, 0.25) is 0 Å². The third-order valence-corrected chi connectivity index (χ3v) is 5.66. The summed E-state index contributed by atoms with van der Waals surface area (Å²) < 4.78 is 18.1. The van der Waals surface area contributed by atoms with Crippen molar-refractivity contribution < 1.29 is 24.1 Å². The molecule has 0 bridgehead atoms. The van der Waals surface area contributed by atoms with E-state index in [1.165, 1.54) is 0 Å². The minimum absolute atomic E-state index is 0.114. The second-order valence-electron chi connectivity index (χ2n) is 7.40. The first-order valence-electron chi connectivity index (χ1n) is 9.81. The molecule has 1 atom stereocenters. The predicted molar refractivity (Wildman–Crippen MR) is 112 cm³/mol. The molecule has 6 heteroatoms. The van der Waals surface area contributed by atoms with Gasteiger partial charge in [0, 0.05) is 35.3 Å². The first-order valence-corrected chi connectivity index (χ1v) is 9.81. The number of ether oxygens (including phenoxy) is 3. The van der Waals surface area contributed by atoms with E-state index < -0.39 is 5.97 Å². The van der Waals surface area contributed by atoms with Gasteiger partial charge in [0.15, 0.2) is 5.76 Å². The largest absolute Gasteiger partial charge is 0.497 e. The molecule has 1 aliphatic carbocycles. The number of benzene rings is 2. The summed E-state index contributed by atoms with van der Waals surface area (Å²) in [7, 11) is 1.61. The Hall–Kier alpha value is -3.67. The molecular formula is C24H21NO5. The smallest absolute Gasteiger partial charge is 0.353 e. The maximum atomic E-state index is 12.4. The van der Waals surface area contributed by atoms with Crippen molar-refractivity contribution in [1.82, 2.24) is 4.57 Å². The Balaban J connectivity index is 1.62. The minimum Gasteiger partial charge on any atom is -0.497 e. The number of hydrogen-bond donors (Lipinski definition) is 1. The van der Waals surface area contributed by atoms with Crippen molar-refractivity contribution in [2.24, 2.45) is 5.92 Å². The zero-order valence-corrected chi connectivity index (χ0v) is 16.5. The van der Waals surface area contributed by atoms with Crippen LogP contribution in [0.5, 0.6) is 5.75 Å². The number of aromatic carboxylic acids is 1. The number of methoxy groups -OCH3 is 1. The first kappa shape index (κ1) is 18.4. The van der Waals surface area contributed by atoms with Gasteiger partial charge >= 0.3 is 5.97 Å². The van der Waals surface area contributed by atoms with Crippen molar-refractivity contribution in [3.8, 4) is 16.9 Å². The van der Waals surface area contributed by atoms with Gasteiger partial charge in [0.1, 0.15) is 17.2 Å². The van der Waals surface area contributed by atoms with E-state index in [4.69, 9.17) is 14.2 Å². The van der Waals surface area contributed by atoms with Crippen molar-refractivity contribution in [1.29, 1.82) is 0 Å². The molecule has 0 spiro atoms. The second-order valence-corrected chi connectivity index (χ2v) is 7.40. The number of fused-ring (bicyclic) bond motifs is 1. The van der Waals surface area contributed by atoms with Crippen molar-refractivity contribution in [2.75, 3.05) is 13.9 Å². The number of nitrogens with zero attached hydrogens (tertiary/aromatic N) is 1. The molecule has 0 saturated carbocycles. The van der Waals surface area contributed by atoms with Crippen LogP contribution in [0.25, 0.3) is 22.0 Å². The number of carbonyl (C=O) groups is 1. The molecule has 2 heterocycles. The summed E-state index contributed by atoms with van der Waals surface area (Å²) in [6.45, 7) is 0.783. The number of para-hydroxylation sites is 1. The lowest BCUT2D eigenvalue weighted by molar-refractivity contribution is 0.0685. The Morgan fingerprint density at radius 1 is 1.17 bits per heavy atom. The highest BCUT2D eigenvalue weighted by molar-refractivity contribution is 6.08. The molecule has 3 aromatic rings. The number of rotatable bonds is 5. The fourth-order valence-corrected chi connectivity index (χ4v) is 4.27. The van der Waals surface area contributed by atoms with Gasteiger partial charge in [-0.05, 0) is 29.8 Å². The molecule has 0 amide bonds. The molecule has 6 nitrogen and oxygen atoms in total. The van der Waals surface area contributed by atoms with E-state index in [1.54, 1.807) is 7.11 Å². The summed E-state index contributed by atoms with van der Waals surface area (Å²) in [5.41, 5.74) is 2.76. The Morgan fingerprint density at radius 2 is 1.97 bits per heavy atom. The van der Waals surface area contributed by atoms with Crippen LogP contribution in [0.15, 0.2) is 72.2 Å². The predicted octanol–water partition coefficient (Wildman–Crippen LogP) is 4.81. The van der Waals surface area contributed by atoms with Crippen molar-refractivity contribution in [3.63, 3.8) is 0 Å². The fraction of sp³-hybridized carbons (Fsp3) is 0.208. The second kappa shape index (κ2) is 7.30. The molecule has 0 radical (unpaired) electrons. The van der Waals surface area contributed by atoms with Crippen LogP contribution in [0.4, 0.5) is 0 Å². The van der Waals surface area contributed by atoms with Gasteiger partial charge in [-0.3, -0.25) is 0 Å². The lowest BCUT2D eigenvalue weighted by Gasteiger charge is -2.19.